The van der Waals surface area contributed by atoms with Crippen LogP contribution in [0, 0.1) is 17.8 Å². The summed E-state index contributed by atoms with van der Waals surface area (Å²) in [4.78, 5) is 11.3. The van der Waals surface area contributed by atoms with Crippen LogP contribution < -0.4 is 0 Å². The van der Waals surface area contributed by atoms with Crippen molar-refractivity contribution >= 4 is 28.6 Å². The topological polar surface area (TPSA) is 26.3 Å². The van der Waals surface area contributed by atoms with Gasteiger partial charge in [0.15, 0.2) is 0 Å². The smallest absolute Gasteiger partial charge is 0.309 e. The number of hydrogen-bond donors (Lipinski definition) is 0. The molecule has 2 rings (SSSR count). The van der Waals surface area contributed by atoms with Crippen molar-refractivity contribution in [1.82, 2.24) is 0 Å². The summed E-state index contributed by atoms with van der Waals surface area (Å²) in [6.07, 6.45) is 2.26. The summed E-state index contributed by atoms with van der Waals surface area (Å²) < 4.78 is 5.66. The van der Waals surface area contributed by atoms with E-state index in [-0.39, 0.29) is 11.9 Å². The molecule has 2 nitrogen and oxygen atoms in total. The highest BCUT2D eigenvalue weighted by molar-refractivity contribution is 14.1. The molecule has 4 atom stereocenters. The van der Waals surface area contributed by atoms with Crippen molar-refractivity contribution in [3.63, 3.8) is 0 Å². The summed E-state index contributed by atoms with van der Waals surface area (Å²) >= 11 is 2.42. The molecule has 3 heteroatoms. The van der Waals surface area contributed by atoms with Crippen LogP contribution in [0.3, 0.4) is 0 Å². The first kappa shape index (κ1) is 8.78. The molecule has 0 aromatic heterocycles. The van der Waals surface area contributed by atoms with Crippen molar-refractivity contribution in [1.29, 1.82) is 0 Å². The maximum absolute atomic E-state index is 11.3. The fourth-order valence-electron chi connectivity index (χ4n) is 2.40. The second-order valence-corrected chi connectivity index (χ2v) is 5.59. The molecule has 0 amide bonds. The van der Waals surface area contributed by atoms with Gasteiger partial charge in [0.05, 0.1) is 5.92 Å². The van der Waals surface area contributed by atoms with Gasteiger partial charge in [-0.25, -0.2) is 0 Å². The van der Waals surface area contributed by atoms with Crippen LogP contribution >= 0.6 is 22.6 Å². The summed E-state index contributed by atoms with van der Waals surface area (Å²) in [5.41, 5.74) is 0. The number of alkyl halides is 1. The second-order valence-electron chi connectivity index (χ2n) is 3.99. The Labute approximate surface area is 86.2 Å². The maximum atomic E-state index is 11.3. The molecular weight excluding hydrogens is 267 g/mol. The number of hydrogen-bond acceptors (Lipinski definition) is 2. The molecule has 0 spiro atoms. The predicted molar refractivity (Wildman–Crippen MR) is 54.1 cm³/mol. The molecule has 0 aromatic rings. The van der Waals surface area contributed by atoms with Gasteiger partial charge in [0.2, 0.25) is 0 Å². The Bertz CT molecular complexity index is 205. The molecule has 0 bridgehead atoms. The highest BCUT2D eigenvalue weighted by Crippen LogP contribution is 2.43. The summed E-state index contributed by atoms with van der Waals surface area (Å²) in [6, 6.07) is 0. The zero-order chi connectivity index (χ0) is 8.72. The maximum Gasteiger partial charge on any atom is 0.309 e. The van der Waals surface area contributed by atoms with Gasteiger partial charge in [0, 0.05) is 3.92 Å². The zero-order valence-electron chi connectivity index (χ0n) is 7.13. The molecule has 1 saturated heterocycles. The number of esters is 1. The van der Waals surface area contributed by atoms with Crippen LogP contribution in [0.2, 0.25) is 0 Å². The minimum atomic E-state index is 0.0530. The van der Waals surface area contributed by atoms with Gasteiger partial charge in [-0.1, -0.05) is 29.5 Å². The minimum Gasteiger partial charge on any atom is -0.464 e. The molecule has 0 N–H and O–H groups in total. The first-order valence-electron chi connectivity index (χ1n) is 4.49. The molecule has 4 unspecified atom stereocenters. The van der Waals surface area contributed by atoms with Crippen LogP contribution in [0.4, 0.5) is 0 Å². The van der Waals surface area contributed by atoms with Crippen LogP contribution in [-0.4, -0.2) is 16.5 Å². The van der Waals surface area contributed by atoms with E-state index < -0.39 is 0 Å². The van der Waals surface area contributed by atoms with Crippen molar-refractivity contribution in [2.45, 2.75) is 23.7 Å². The Hall–Kier alpha value is 0.200. The molecule has 1 aliphatic heterocycles. The SMILES string of the molecule is CC1CC2C(=O)OCC(I)C2C1. The first-order valence-corrected chi connectivity index (χ1v) is 5.73. The fraction of sp³-hybridized carbons (Fsp3) is 0.889. The van der Waals surface area contributed by atoms with E-state index in [9.17, 15) is 4.79 Å². The average molecular weight is 280 g/mol. The number of carbonyl (C=O) groups excluding carboxylic acids is 1. The summed E-state index contributed by atoms with van der Waals surface area (Å²) in [5, 5.41) is 0. The van der Waals surface area contributed by atoms with E-state index in [0.717, 1.165) is 6.42 Å². The Morgan fingerprint density at radius 1 is 1.50 bits per heavy atom. The molecule has 1 heterocycles. The van der Waals surface area contributed by atoms with Crippen LogP contribution in [0.15, 0.2) is 0 Å². The van der Waals surface area contributed by atoms with E-state index in [4.69, 9.17) is 4.74 Å². The number of halogens is 1. The van der Waals surface area contributed by atoms with Gasteiger partial charge >= 0.3 is 5.97 Å². The minimum absolute atomic E-state index is 0.0530. The third-order valence-corrected chi connectivity index (χ3v) is 4.28. The lowest BCUT2D eigenvalue weighted by atomic mass is 9.91. The largest absolute Gasteiger partial charge is 0.464 e. The lowest BCUT2D eigenvalue weighted by Gasteiger charge is -2.28. The van der Waals surface area contributed by atoms with Crippen LogP contribution in [0.1, 0.15) is 19.8 Å². The van der Waals surface area contributed by atoms with Crippen LogP contribution in [0.5, 0.6) is 0 Å². The van der Waals surface area contributed by atoms with Crippen LogP contribution in [-0.2, 0) is 9.53 Å². The van der Waals surface area contributed by atoms with Crippen molar-refractivity contribution in [2.75, 3.05) is 6.61 Å². The number of cyclic esters (lactones) is 1. The Kier molecular flexibility index (Phi) is 2.31. The van der Waals surface area contributed by atoms with E-state index in [2.05, 4.69) is 29.5 Å². The van der Waals surface area contributed by atoms with Crippen molar-refractivity contribution in [3.8, 4) is 0 Å². The summed E-state index contributed by atoms with van der Waals surface area (Å²) in [7, 11) is 0. The van der Waals surface area contributed by atoms with Crippen molar-refractivity contribution in [3.05, 3.63) is 0 Å². The van der Waals surface area contributed by atoms with Crippen molar-refractivity contribution < 1.29 is 9.53 Å². The van der Waals surface area contributed by atoms with Gasteiger partial charge in [-0.05, 0) is 24.7 Å². The van der Waals surface area contributed by atoms with Gasteiger partial charge in [-0.15, -0.1) is 0 Å². The van der Waals surface area contributed by atoms with Gasteiger partial charge in [0.25, 0.3) is 0 Å². The van der Waals surface area contributed by atoms with E-state index in [1.165, 1.54) is 6.42 Å². The van der Waals surface area contributed by atoms with Gasteiger partial charge in [-0.2, -0.15) is 0 Å². The molecule has 12 heavy (non-hydrogen) atoms. The Balaban J connectivity index is 2.14. The normalized spacial score (nSPS) is 47.0. The standard InChI is InChI=1S/C9H13IO2/c1-5-2-6-7(3-5)9(11)12-4-8(6)10/h5-8H,2-4H2,1H3. The molecule has 68 valence electrons. The molecule has 0 radical (unpaired) electrons. The monoisotopic (exact) mass is 280 g/mol. The van der Waals surface area contributed by atoms with Gasteiger partial charge in [0.1, 0.15) is 6.61 Å². The zero-order valence-corrected chi connectivity index (χ0v) is 9.28. The third kappa shape index (κ3) is 1.36. The summed E-state index contributed by atoms with van der Waals surface area (Å²) in [6.45, 7) is 2.86. The molecule has 2 aliphatic rings. The van der Waals surface area contributed by atoms with E-state index in [1.807, 2.05) is 0 Å². The van der Waals surface area contributed by atoms with Gasteiger partial charge in [-0.3, -0.25) is 4.79 Å². The number of carbonyl (C=O) groups is 1. The first-order chi connectivity index (χ1) is 5.68. The Morgan fingerprint density at radius 3 is 2.92 bits per heavy atom. The molecule has 1 saturated carbocycles. The number of ether oxygens (including phenoxy) is 1. The second kappa shape index (κ2) is 3.16. The van der Waals surface area contributed by atoms with Gasteiger partial charge < -0.3 is 4.74 Å². The van der Waals surface area contributed by atoms with E-state index in [1.54, 1.807) is 0 Å². The van der Waals surface area contributed by atoms with Crippen LogP contribution in [0.25, 0.3) is 0 Å². The predicted octanol–water partition coefficient (Wildman–Crippen LogP) is 2.01. The highest BCUT2D eigenvalue weighted by atomic mass is 127. The Morgan fingerprint density at radius 2 is 2.25 bits per heavy atom. The highest BCUT2D eigenvalue weighted by Gasteiger charge is 2.44. The molecule has 1 aliphatic carbocycles. The van der Waals surface area contributed by atoms with E-state index >= 15 is 0 Å². The molecule has 2 fully saturated rings. The lowest BCUT2D eigenvalue weighted by molar-refractivity contribution is -0.154. The summed E-state index contributed by atoms with van der Waals surface area (Å²) in [5.74, 6) is 1.58. The number of rotatable bonds is 0. The molecule has 0 aromatic carbocycles. The third-order valence-electron chi connectivity index (χ3n) is 3.00. The van der Waals surface area contributed by atoms with E-state index in [0.29, 0.717) is 22.4 Å². The average Bonchev–Trinajstić information content (AvgIpc) is 2.41. The lowest BCUT2D eigenvalue weighted by Crippen LogP contribution is -2.36. The quantitative estimate of drug-likeness (QED) is 0.385. The molecular formula is C9H13IO2. The van der Waals surface area contributed by atoms with Crippen molar-refractivity contribution in [2.24, 2.45) is 17.8 Å². The fourth-order valence-corrected chi connectivity index (χ4v) is 3.37. The number of fused-ring (bicyclic) bond motifs is 1.